The van der Waals surface area contributed by atoms with Crippen molar-refractivity contribution in [2.24, 2.45) is 0 Å². The number of nitrogens with zero attached hydrogens (tertiary/aromatic N) is 1. The first-order valence-corrected chi connectivity index (χ1v) is 7.75. The summed E-state index contributed by atoms with van der Waals surface area (Å²) in [5.41, 5.74) is 1.06. The number of para-hydroxylation sites is 1. The van der Waals surface area contributed by atoms with Crippen LogP contribution in [-0.2, 0) is 9.59 Å². The van der Waals surface area contributed by atoms with Gasteiger partial charge in [0.25, 0.3) is 5.91 Å². The molecule has 2 aliphatic heterocycles. The molecule has 2 aliphatic rings. The summed E-state index contributed by atoms with van der Waals surface area (Å²) in [6, 6.07) is 6.38. The highest BCUT2D eigenvalue weighted by Crippen LogP contribution is 2.28. The molecule has 3 rings (SSSR count). The standard InChI is InChI=1S/C16H20N4O3/c1-17-9-14(21)18-10-6-7-20-13(8-10)15(22)19-12-5-3-2-4-11(12)16(20)23/h2-5,10,13,17H,6-9H2,1H3,(H,18,21)(H,19,22)/t10-,13+/m1/s1. The van der Waals surface area contributed by atoms with Crippen molar-refractivity contribution >= 4 is 23.4 Å². The summed E-state index contributed by atoms with van der Waals surface area (Å²) in [5, 5.41) is 8.53. The first-order valence-electron chi connectivity index (χ1n) is 7.75. The van der Waals surface area contributed by atoms with E-state index in [0.29, 0.717) is 30.6 Å². The number of rotatable bonds is 3. The van der Waals surface area contributed by atoms with E-state index in [-0.39, 0.29) is 30.3 Å². The monoisotopic (exact) mass is 316 g/mol. The van der Waals surface area contributed by atoms with E-state index in [9.17, 15) is 14.4 Å². The van der Waals surface area contributed by atoms with Crippen molar-refractivity contribution in [3.05, 3.63) is 29.8 Å². The molecule has 7 heteroatoms. The minimum absolute atomic E-state index is 0.100. The highest BCUT2D eigenvalue weighted by Gasteiger charge is 2.39. The van der Waals surface area contributed by atoms with Gasteiger partial charge >= 0.3 is 0 Å². The fourth-order valence-electron chi connectivity index (χ4n) is 3.18. The Bertz CT molecular complexity index is 646. The quantitative estimate of drug-likeness (QED) is 0.729. The molecule has 0 bridgehead atoms. The Morgan fingerprint density at radius 1 is 1.35 bits per heavy atom. The first-order chi connectivity index (χ1) is 11.1. The lowest BCUT2D eigenvalue weighted by molar-refractivity contribution is -0.124. The minimum atomic E-state index is -0.552. The number of piperidine rings is 1. The number of benzene rings is 1. The third kappa shape index (κ3) is 3.05. The maximum Gasteiger partial charge on any atom is 0.256 e. The van der Waals surface area contributed by atoms with Crippen LogP contribution < -0.4 is 16.0 Å². The Labute approximate surface area is 134 Å². The van der Waals surface area contributed by atoms with E-state index in [0.717, 1.165) is 0 Å². The average molecular weight is 316 g/mol. The van der Waals surface area contributed by atoms with Crippen LogP contribution in [0.5, 0.6) is 0 Å². The van der Waals surface area contributed by atoms with Crippen molar-refractivity contribution in [3.8, 4) is 0 Å². The van der Waals surface area contributed by atoms with Gasteiger partial charge in [-0.1, -0.05) is 12.1 Å². The van der Waals surface area contributed by atoms with Crippen LogP contribution in [0.4, 0.5) is 5.69 Å². The van der Waals surface area contributed by atoms with Gasteiger partial charge in [-0.05, 0) is 32.0 Å². The number of amides is 3. The summed E-state index contributed by atoms with van der Waals surface area (Å²) in [6.07, 6.45) is 1.08. The van der Waals surface area contributed by atoms with Crippen LogP contribution >= 0.6 is 0 Å². The lowest BCUT2D eigenvalue weighted by atomic mass is 9.96. The van der Waals surface area contributed by atoms with E-state index in [2.05, 4.69) is 16.0 Å². The van der Waals surface area contributed by atoms with E-state index < -0.39 is 6.04 Å². The van der Waals surface area contributed by atoms with Crippen LogP contribution in [0.1, 0.15) is 23.2 Å². The Morgan fingerprint density at radius 3 is 2.91 bits per heavy atom. The zero-order valence-electron chi connectivity index (χ0n) is 13.0. The molecule has 1 aromatic rings. The number of nitrogens with one attached hydrogen (secondary N) is 3. The molecule has 7 nitrogen and oxygen atoms in total. The van der Waals surface area contributed by atoms with E-state index in [1.807, 2.05) is 0 Å². The van der Waals surface area contributed by atoms with Crippen LogP contribution in [0.2, 0.25) is 0 Å². The second kappa shape index (κ2) is 6.37. The third-order valence-electron chi connectivity index (χ3n) is 4.28. The van der Waals surface area contributed by atoms with E-state index in [1.54, 1.807) is 36.2 Å². The summed E-state index contributed by atoms with van der Waals surface area (Å²) in [6.45, 7) is 0.692. The van der Waals surface area contributed by atoms with Crippen LogP contribution in [0, 0.1) is 0 Å². The number of anilines is 1. The van der Waals surface area contributed by atoms with Crippen molar-refractivity contribution in [2.75, 3.05) is 25.5 Å². The normalized spacial score (nSPS) is 23.4. The third-order valence-corrected chi connectivity index (χ3v) is 4.28. The second-order valence-corrected chi connectivity index (χ2v) is 5.87. The molecule has 1 saturated heterocycles. The first kappa shape index (κ1) is 15.5. The average Bonchev–Trinajstić information content (AvgIpc) is 2.64. The number of hydrogen-bond donors (Lipinski definition) is 3. The molecule has 23 heavy (non-hydrogen) atoms. The van der Waals surface area contributed by atoms with Crippen LogP contribution in [0.3, 0.4) is 0 Å². The highest BCUT2D eigenvalue weighted by molar-refractivity contribution is 6.09. The largest absolute Gasteiger partial charge is 0.352 e. The molecule has 122 valence electrons. The van der Waals surface area contributed by atoms with Crippen molar-refractivity contribution in [1.82, 2.24) is 15.5 Å². The fourth-order valence-corrected chi connectivity index (χ4v) is 3.18. The minimum Gasteiger partial charge on any atom is -0.352 e. The predicted molar refractivity (Wildman–Crippen MR) is 85.0 cm³/mol. The summed E-state index contributed by atoms with van der Waals surface area (Å²) in [4.78, 5) is 38.5. The van der Waals surface area contributed by atoms with Gasteiger partial charge in [0.2, 0.25) is 11.8 Å². The van der Waals surface area contributed by atoms with Crippen LogP contribution in [0.25, 0.3) is 0 Å². The molecule has 3 N–H and O–H groups in total. The molecule has 0 aromatic heterocycles. The predicted octanol–water partition coefficient (Wildman–Crippen LogP) is -0.0525. The van der Waals surface area contributed by atoms with Crippen molar-refractivity contribution in [3.63, 3.8) is 0 Å². The van der Waals surface area contributed by atoms with Gasteiger partial charge in [0.05, 0.1) is 17.8 Å². The number of likely N-dealkylation sites (N-methyl/N-ethyl adjacent to an activating group) is 1. The van der Waals surface area contributed by atoms with Gasteiger partial charge in [-0.15, -0.1) is 0 Å². The highest BCUT2D eigenvalue weighted by atomic mass is 16.2. The fraction of sp³-hybridized carbons (Fsp3) is 0.438. The molecule has 0 saturated carbocycles. The summed E-state index contributed by atoms with van der Waals surface area (Å²) < 4.78 is 0. The van der Waals surface area contributed by atoms with Gasteiger partial charge in [0, 0.05) is 12.6 Å². The van der Waals surface area contributed by atoms with Crippen LogP contribution in [-0.4, -0.2) is 54.8 Å². The summed E-state index contributed by atoms with van der Waals surface area (Å²) in [5.74, 6) is -0.436. The molecule has 1 aromatic carbocycles. The summed E-state index contributed by atoms with van der Waals surface area (Å²) >= 11 is 0. The van der Waals surface area contributed by atoms with Crippen molar-refractivity contribution in [2.45, 2.75) is 24.9 Å². The molecule has 0 spiro atoms. The van der Waals surface area contributed by atoms with Gasteiger partial charge in [-0.2, -0.15) is 0 Å². The molecule has 2 atom stereocenters. The lowest BCUT2D eigenvalue weighted by Crippen LogP contribution is -2.55. The van der Waals surface area contributed by atoms with Crippen molar-refractivity contribution in [1.29, 1.82) is 0 Å². The number of hydrogen-bond acceptors (Lipinski definition) is 4. The molecule has 0 unspecified atom stereocenters. The SMILES string of the molecule is CNCC(=O)N[C@@H]1CCN2C(=O)c3ccccc3NC(=O)[C@@H]2C1. The maximum absolute atomic E-state index is 12.7. The molecular formula is C16H20N4O3. The zero-order valence-corrected chi connectivity index (χ0v) is 13.0. The van der Waals surface area contributed by atoms with Gasteiger partial charge in [-0.25, -0.2) is 0 Å². The Morgan fingerprint density at radius 2 is 2.13 bits per heavy atom. The second-order valence-electron chi connectivity index (χ2n) is 5.87. The van der Waals surface area contributed by atoms with E-state index >= 15 is 0 Å². The van der Waals surface area contributed by atoms with Gasteiger partial charge < -0.3 is 20.9 Å². The molecular weight excluding hydrogens is 296 g/mol. The Kier molecular flexibility index (Phi) is 4.29. The van der Waals surface area contributed by atoms with E-state index in [4.69, 9.17) is 0 Å². The number of carbonyl (C=O) groups is 3. The summed E-state index contributed by atoms with van der Waals surface area (Å²) in [7, 11) is 1.71. The van der Waals surface area contributed by atoms with Crippen molar-refractivity contribution < 1.29 is 14.4 Å². The number of fused-ring (bicyclic) bond motifs is 2. The molecule has 1 fully saturated rings. The Balaban J connectivity index is 1.78. The molecule has 0 aliphatic carbocycles. The molecule has 2 heterocycles. The van der Waals surface area contributed by atoms with Gasteiger partial charge in [-0.3, -0.25) is 14.4 Å². The molecule has 0 radical (unpaired) electrons. The molecule has 3 amide bonds. The topological polar surface area (TPSA) is 90.5 Å². The van der Waals surface area contributed by atoms with Crippen LogP contribution in [0.15, 0.2) is 24.3 Å². The number of carbonyl (C=O) groups excluding carboxylic acids is 3. The maximum atomic E-state index is 12.7. The smallest absolute Gasteiger partial charge is 0.256 e. The van der Waals surface area contributed by atoms with Gasteiger partial charge in [0.15, 0.2) is 0 Å². The van der Waals surface area contributed by atoms with Gasteiger partial charge in [0.1, 0.15) is 6.04 Å². The zero-order chi connectivity index (χ0) is 16.4. The lowest BCUT2D eigenvalue weighted by Gasteiger charge is -2.37. The van der Waals surface area contributed by atoms with E-state index in [1.165, 1.54) is 0 Å². The Hall–Kier alpha value is -2.41.